The minimum absolute atomic E-state index is 0.00246. The number of benzene rings is 1. The van der Waals surface area contributed by atoms with Crippen LogP contribution in [0, 0.1) is 0 Å². The molecule has 5 nitrogen and oxygen atoms in total. The van der Waals surface area contributed by atoms with Gasteiger partial charge in [-0.1, -0.05) is 6.07 Å². The highest BCUT2D eigenvalue weighted by Crippen LogP contribution is 2.22. The zero-order chi connectivity index (χ0) is 16.4. The largest absolute Gasteiger partial charge is 0.373 e. The number of ether oxygens (including phenoxy) is 1. The van der Waals surface area contributed by atoms with E-state index in [1.807, 2.05) is 51.1 Å². The zero-order valence-electron chi connectivity index (χ0n) is 13.8. The Bertz CT molecular complexity index is 688. The minimum atomic E-state index is -0.198. The lowest BCUT2D eigenvalue weighted by molar-refractivity contribution is -0.126. The van der Waals surface area contributed by atoms with Crippen LogP contribution in [0.2, 0.25) is 0 Å². The second-order valence-electron chi connectivity index (χ2n) is 6.25. The molecule has 1 fully saturated rings. The van der Waals surface area contributed by atoms with E-state index in [9.17, 15) is 4.79 Å². The molecule has 1 saturated heterocycles. The van der Waals surface area contributed by atoms with Crippen molar-refractivity contribution in [3.8, 4) is 0 Å². The van der Waals surface area contributed by atoms with E-state index in [1.165, 1.54) is 0 Å². The van der Waals surface area contributed by atoms with E-state index in [1.54, 1.807) is 6.20 Å². The van der Waals surface area contributed by atoms with Crippen molar-refractivity contribution in [2.45, 2.75) is 39.0 Å². The molecule has 2 heterocycles. The van der Waals surface area contributed by atoms with Gasteiger partial charge in [-0.25, -0.2) is 0 Å². The topological polar surface area (TPSA) is 54.5 Å². The summed E-state index contributed by atoms with van der Waals surface area (Å²) in [5.74, 6) is 0.00246. The first-order chi connectivity index (χ1) is 11.0. The molecule has 1 aliphatic heterocycles. The van der Waals surface area contributed by atoms with Gasteiger partial charge in [-0.3, -0.25) is 14.7 Å². The molecule has 1 N–H and O–H groups in total. The normalized spacial score (nSPS) is 23.6. The number of hydrogen-bond acceptors (Lipinski definition) is 4. The summed E-state index contributed by atoms with van der Waals surface area (Å²) in [5, 5.41) is 4.01. The fourth-order valence-corrected chi connectivity index (χ4v) is 3.15. The van der Waals surface area contributed by atoms with Crippen LogP contribution in [0.15, 0.2) is 36.5 Å². The first-order valence-corrected chi connectivity index (χ1v) is 8.08. The van der Waals surface area contributed by atoms with Crippen molar-refractivity contribution in [2.24, 2.45) is 0 Å². The SMILES string of the molecule is C[C@@H]1CN([C@H](C)C(=O)Nc2cccc3ncccc23)C[C@@H](C)O1. The molecule has 122 valence electrons. The van der Waals surface area contributed by atoms with Gasteiger partial charge in [-0.2, -0.15) is 0 Å². The maximum Gasteiger partial charge on any atom is 0.241 e. The van der Waals surface area contributed by atoms with Crippen molar-refractivity contribution in [3.63, 3.8) is 0 Å². The zero-order valence-corrected chi connectivity index (χ0v) is 13.8. The minimum Gasteiger partial charge on any atom is -0.373 e. The Labute approximate surface area is 136 Å². The van der Waals surface area contributed by atoms with Gasteiger partial charge in [-0.15, -0.1) is 0 Å². The van der Waals surface area contributed by atoms with Crippen LogP contribution in [0.4, 0.5) is 5.69 Å². The van der Waals surface area contributed by atoms with E-state index >= 15 is 0 Å². The Hall–Kier alpha value is -1.98. The Morgan fingerprint density at radius 3 is 2.74 bits per heavy atom. The quantitative estimate of drug-likeness (QED) is 0.946. The van der Waals surface area contributed by atoms with E-state index in [-0.39, 0.29) is 24.2 Å². The summed E-state index contributed by atoms with van der Waals surface area (Å²) in [5.41, 5.74) is 1.69. The van der Waals surface area contributed by atoms with E-state index in [0.717, 1.165) is 29.7 Å². The van der Waals surface area contributed by atoms with Crippen LogP contribution in [0.5, 0.6) is 0 Å². The highest BCUT2D eigenvalue weighted by atomic mass is 16.5. The molecule has 0 aliphatic carbocycles. The summed E-state index contributed by atoms with van der Waals surface area (Å²) >= 11 is 0. The Morgan fingerprint density at radius 1 is 1.26 bits per heavy atom. The third-order valence-electron chi connectivity index (χ3n) is 4.28. The number of nitrogens with one attached hydrogen (secondary N) is 1. The number of hydrogen-bond donors (Lipinski definition) is 1. The van der Waals surface area contributed by atoms with Crippen molar-refractivity contribution in [3.05, 3.63) is 36.5 Å². The molecule has 1 aliphatic rings. The maximum atomic E-state index is 12.7. The maximum absolute atomic E-state index is 12.7. The molecule has 3 rings (SSSR count). The second kappa shape index (κ2) is 6.64. The van der Waals surface area contributed by atoms with Gasteiger partial charge in [0.25, 0.3) is 0 Å². The molecule has 0 bridgehead atoms. The molecule has 1 aromatic heterocycles. The smallest absolute Gasteiger partial charge is 0.241 e. The molecule has 1 amide bonds. The van der Waals surface area contributed by atoms with Gasteiger partial charge in [0.1, 0.15) is 0 Å². The molecule has 23 heavy (non-hydrogen) atoms. The number of fused-ring (bicyclic) bond motifs is 1. The third kappa shape index (κ3) is 3.51. The summed E-state index contributed by atoms with van der Waals surface area (Å²) in [6, 6.07) is 9.43. The van der Waals surface area contributed by atoms with E-state index < -0.39 is 0 Å². The number of aromatic nitrogens is 1. The van der Waals surface area contributed by atoms with Crippen molar-refractivity contribution < 1.29 is 9.53 Å². The lowest BCUT2D eigenvalue weighted by atomic mass is 10.1. The van der Waals surface area contributed by atoms with E-state index in [0.29, 0.717) is 0 Å². The van der Waals surface area contributed by atoms with Crippen LogP contribution in [0.1, 0.15) is 20.8 Å². The number of anilines is 1. The summed E-state index contributed by atoms with van der Waals surface area (Å²) in [7, 11) is 0. The van der Waals surface area contributed by atoms with Crippen molar-refractivity contribution >= 4 is 22.5 Å². The van der Waals surface area contributed by atoms with Crippen molar-refractivity contribution in [1.82, 2.24) is 9.88 Å². The number of pyridine rings is 1. The van der Waals surface area contributed by atoms with Gasteiger partial charge < -0.3 is 10.1 Å². The Kier molecular flexibility index (Phi) is 4.59. The molecule has 0 unspecified atom stereocenters. The van der Waals surface area contributed by atoms with Gasteiger partial charge in [-0.05, 0) is 45.0 Å². The third-order valence-corrected chi connectivity index (χ3v) is 4.28. The first-order valence-electron chi connectivity index (χ1n) is 8.08. The summed E-state index contributed by atoms with van der Waals surface area (Å²) in [6.07, 6.45) is 2.05. The lowest BCUT2D eigenvalue weighted by Crippen LogP contribution is -2.52. The summed E-state index contributed by atoms with van der Waals surface area (Å²) < 4.78 is 5.74. The number of carbonyl (C=O) groups is 1. The molecular weight excluding hydrogens is 290 g/mol. The van der Waals surface area contributed by atoms with Gasteiger partial charge in [0.15, 0.2) is 0 Å². The molecule has 0 saturated carbocycles. The van der Waals surface area contributed by atoms with Crippen LogP contribution in [-0.4, -0.2) is 47.1 Å². The standard InChI is InChI=1S/C18H23N3O2/c1-12-10-21(11-13(2)23-12)14(3)18(22)20-17-8-4-7-16-15(17)6-5-9-19-16/h4-9,12-14H,10-11H2,1-3H3,(H,20,22)/t12-,13-,14-/m1/s1. The molecule has 0 radical (unpaired) electrons. The average Bonchev–Trinajstić information content (AvgIpc) is 2.53. The van der Waals surface area contributed by atoms with Crippen molar-refractivity contribution in [2.75, 3.05) is 18.4 Å². The van der Waals surface area contributed by atoms with Crippen LogP contribution in [-0.2, 0) is 9.53 Å². The van der Waals surface area contributed by atoms with Crippen LogP contribution in [0.3, 0.4) is 0 Å². The molecule has 2 aromatic rings. The van der Waals surface area contributed by atoms with Gasteiger partial charge in [0.05, 0.1) is 29.5 Å². The predicted octanol–water partition coefficient (Wildman–Crippen LogP) is 2.67. The van der Waals surface area contributed by atoms with Gasteiger partial charge in [0, 0.05) is 24.7 Å². The van der Waals surface area contributed by atoms with E-state index in [4.69, 9.17) is 4.74 Å². The summed E-state index contributed by atoms with van der Waals surface area (Å²) in [6.45, 7) is 7.59. The second-order valence-corrected chi connectivity index (χ2v) is 6.25. The average molecular weight is 313 g/mol. The van der Waals surface area contributed by atoms with E-state index in [2.05, 4.69) is 15.2 Å². The number of nitrogens with zero attached hydrogens (tertiary/aromatic N) is 2. The molecule has 0 spiro atoms. The number of amides is 1. The fraction of sp³-hybridized carbons (Fsp3) is 0.444. The van der Waals surface area contributed by atoms with Gasteiger partial charge in [0.2, 0.25) is 5.91 Å². The molecule has 5 heteroatoms. The van der Waals surface area contributed by atoms with Crippen molar-refractivity contribution in [1.29, 1.82) is 0 Å². The highest BCUT2D eigenvalue weighted by molar-refractivity contribution is 6.02. The molecular formula is C18H23N3O2. The predicted molar refractivity (Wildman–Crippen MR) is 91.4 cm³/mol. The monoisotopic (exact) mass is 313 g/mol. The Balaban J connectivity index is 1.75. The number of morpholine rings is 1. The summed E-state index contributed by atoms with van der Waals surface area (Å²) in [4.78, 5) is 19.2. The molecule has 1 aromatic carbocycles. The van der Waals surface area contributed by atoms with Crippen LogP contribution in [0.25, 0.3) is 10.9 Å². The molecule has 3 atom stereocenters. The Morgan fingerprint density at radius 2 is 2.00 bits per heavy atom. The van der Waals surface area contributed by atoms with Crippen LogP contribution >= 0.6 is 0 Å². The number of rotatable bonds is 3. The number of carbonyl (C=O) groups excluding carboxylic acids is 1. The lowest BCUT2D eigenvalue weighted by Gasteiger charge is -2.38. The van der Waals surface area contributed by atoms with Crippen LogP contribution < -0.4 is 5.32 Å². The van der Waals surface area contributed by atoms with Gasteiger partial charge >= 0.3 is 0 Å². The fourth-order valence-electron chi connectivity index (χ4n) is 3.15. The highest BCUT2D eigenvalue weighted by Gasteiger charge is 2.29. The first kappa shape index (κ1) is 15.9.